The number of carboxylic acids is 1. The molecule has 102 valence electrons. The highest BCUT2D eigenvalue weighted by Gasteiger charge is 2.39. The largest absolute Gasteiger partial charge is 0.481 e. The predicted octanol–water partition coefficient (Wildman–Crippen LogP) is 1.85. The van der Waals surface area contributed by atoms with Gasteiger partial charge in [0, 0.05) is 26.2 Å². The molecule has 1 aliphatic heterocycles. The number of ether oxygens (including phenoxy) is 1. The normalized spacial score (nSPS) is 30.5. The number of hydrogen-bond acceptors (Lipinski definition) is 3. The molecule has 4 heteroatoms. The number of fused-ring (bicyclic) bond motifs is 1. The van der Waals surface area contributed by atoms with Crippen LogP contribution in [-0.2, 0) is 16.1 Å². The number of rotatable bonds is 3. The molecule has 0 amide bonds. The highest BCUT2D eigenvalue weighted by molar-refractivity contribution is 5.77. The number of carbonyl (C=O) groups is 1. The van der Waals surface area contributed by atoms with E-state index in [9.17, 15) is 9.90 Å². The minimum absolute atomic E-state index is 0.352. The fourth-order valence-electron chi connectivity index (χ4n) is 3.15. The number of carboxylic acid groups (broad SMARTS) is 1. The van der Waals surface area contributed by atoms with Crippen molar-refractivity contribution >= 4 is 5.97 Å². The number of aliphatic carboxylic acids is 1. The van der Waals surface area contributed by atoms with E-state index in [2.05, 4.69) is 4.90 Å². The van der Waals surface area contributed by atoms with Crippen LogP contribution in [0.3, 0.4) is 0 Å². The van der Waals surface area contributed by atoms with Gasteiger partial charge in [-0.15, -0.1) is 0 Å². The Hall–Kier alpha value is -1.39. The Kier molecular flexibility index (Phi) is 3.29. The SMILES string of the molecule is COC1CC(N2Cc3ccccc3C(C(=O)O)C2)C1. The maximum absolute atomic E-state index is 11.5. The zero-order valence-corrected chi connectivity index (χ0v) is 11.1. The molecule has 0 radical (unpaired) electrons. The molecule has 1 saturated carbocycles. The van der Waals surface area contributed by atoms with Crippen molar-refractivity contribution in [3.05, 3.63) is 35.4 Å². The summed E-state index contributed by atoms with van der Waals surface area (Å²) >= 11 is 0. The van der Waals surface area contributed by atoms with Crippen LogP contribution in [0, 0.1) is 0 Å². The molecule has 19 heavy (non-hydrogen) atoms. The molecule has 0 spiro atoms. The highest BCUT2D eigenvalue weighted by atomic mass is 16.5. The first-order chi connectivity index (χ1) is 9.19. The molecule has 1 fully saturated rings. The molecule has 1 atom stereocenters. The second-order valence-corrected chi connectivity index (χ2v) is 5.50. The number of benzene rings is 1. The average Bonchev–Trinajstić information content (AvgIpc) is 2.36. The van der Waals surface area contributed by atoms with Crippen molar-refractivity contribution < 1.29 is 14.6 Å². The Morgan fingerprint density at radius 2 is 2.11 bits per heavy atom. The molecule has 1 aromatic carbocycles. The van der Waals surface area contributed by atoms with Gasteiger partial charge in [-0.25, -0.2) is 0 Å². The smallest absolute Gasteiger partial charge is 0.312 e. The molecule has 1 aliphatic carbocycles. The Morgan fingerprint density at radius 3 is 2.79 bits per heavy atom. The lowest BCUT2D eigenvalue weighted by Crippen LogP contribution is -2.51. The highest BCUT2D eigenvalue weighted by Crippen LogP contribution is 2.35. The molecule has 0 saturated heterocycles. The second-order valence-electron chi connectivity index (χ2n) is 5.50. The topological polar surface area (TPSA) is 49.8 Å². The summed E-state index contributed by atoms with van der Waals surface area (Å²) in [6.45, 7) is 1.48. The molecule has 1 unspecified atom stereocenters. The predicted molar refractivity (Wildman–Crippen MR) is 71.0 cm³/mol. The summed E-state index contributed by atoms with van der Waals surface area (Å²) in [6, 6.07) is 8.38. The summed E-state index contributed by atoms with van der Waals surface area (Å²) in [4.78, 5) is 13.8. The van der Waals surface area contributed by atoms with E-state index in [0.717, 1.165) is 30.5 Å². The summed E-state index contributed by atoms with van der Waals surface area (Å²) in [5.41, 5.74) is 2.14. The minimum Gasteiger partial charge on any atom is -0.481 e. The minimum atomic E-state index is -0.722. The Bertz CT molecular complexity index is 482. The van der Waals surface area contributed by atoms with Gasteiger partial charge in [-0.1, -0.05) is 24.3 Å². The third-order valence-corrected chi connectivity index (χ3v) is 4.44. The summed E-state index contributed by atoms with van der Waals surface area (Å²) in [6.07, 6.45) is 2.39. The van der Waals surface area contributed by atoms with E-state index in [1.165, 1.54) is 0 Å². The van der Waals surface area contributed by atoms with Gasteiger partial charge in [-0.3, -0.25) is 9.69 Å². The molecule has 0 bridgehead atoms. The van der Waals surface area contributed by atoms with Gasteiger partial charge >= 0.3 is 5.97 Å². The molecule has 1 aromatic rings. The maximum Gasteiger partial charge on any atom is 0.312 e. The first-order valence-electron chi connectivity index (χ1n) is 6.76. The number of hydrogen-bond donors (Lipinski definition) is 1. The Labute approximate surface area is 113 Å². The second kappa shape index (κ2) is 4.94. The quantitative estimate of drug-likeness (QED) is 0.902. The van der Waals surface area contributed by atoms with Crippen molar-refractivity contribution in [2.75, 3.05) is 13.7 Å². The van der Waals surface area contributed by atoms with Crippen LogP contribution in [0.4, 0.5) is 0 Å². The lowest BCUT2D eigenvalue weighted by Gasteiger charge is -2.45. The molecule has 1 heterocycles. The van der Waals surface area contributed by atoms with E-state index in [0.29, 0.717) is 18.7 Å². The molecule has 2 aliphatic rings. The molecule has 0 aromatic heterocycles. The standard InChI is InChI=1S/C15H19NO3/c1-19-12-6-11(7-12)16-8-10-4-2-3-5-13(10)14(9-16)15(17)18/h2-5,11-12,14H,6-9H2,1H3,(H,17,18). The van der Waals surface area contributed by atoms with Gasteiger partial charge in [0.05, 0.1) is 12.0 Å². The zero-order chi connectivity index (χ0) is 13.4. The van der Waals surface area contributed by atoms with Gasteiger partial charge < -0.3 is 9.84 Å². The van der Waals surface area contributed by atoms with Crippen molar-refractivity contribution in [2.24, 2.45) is 0 Å². The maximum atomic E-state index is 11.5. The van der Waals surface area contributed by atoms with Crippen LogP contribution in [0.5, 0.6) is 0 Å². The molecular formula is C15H19NO3. The number of nitrogens with zero attached hydrogens (tertiary/aromatic N) is 1. The van der Waals surface area contributed by atoms with Crippen LogP contribution in [0.1, 0.15) is 29.9 Å². The first-order valence-corrected chi connectivity index (χ1v) is 6.76. The van der Waals surface area contributed by atoms with Gasteiger partial charge in [-0.2, -0.15) is 0 Å². The van der Waals surface area contributed by atoms with Crippen LogP contribution >= 0.6 is 0 Å². The van der Waals surface area contributed by atoms with E-state index < -0.39 is 11.9 Å². The zero-order valence-electron chi connectivity index (χ0n) is 11.1. The van der Waals surface area contributed by atoms with Gasteiger partial charge in [0.2, 0.25) is 0 Å². The molecule has 3 rings (SSSR count). The monoisotopic (exact) mass is 261 g/mol. The van der Waals surface area contributed by atoms with Crippen molar-refractivity contribution in [1.82, 2.24) is 4.90 Å². The summed E-state index contributed by atoms with van der Waals surface area (Å²) in [7, 11) is 1.74. The lowest BCUT2D eigenvalue weighted by molar-refractivity contribution is -0.140. The fourth-order valence-corrected chi connectivity index (χ4v) is 3.15. The lowest BCUT2D eigenvalue weighted by atomic mass is 9.83. The Balaban J connectivity index is 1.79. The number of methoxy groups -OCH3 is 1. The van der Waals surface area contributed by atoms with Crippen LogP contribution in [0.25, 0.3) is 0 Å². The summed E-state index contributed by atoms with van der Waals surface area (Å²) in [5.74, 6) is -1.12. The third-order valence-electron chi connectivity index (χ3n) is 4.44. The van der Waals surface area contributed by atoms with E-state index in [1.54, 1.807) is 7.11 Å². The van der Waals surface area contributed by atoms with Crippen LogP contribution in [-0.4, -0.2) is 41.8 Å². The van der Waals surface area contributed by atoms with Crippen molar-refractivity contribution in [2.45, 2.75) is 37.5 Å². The molecule has 4 nitrogen and oxygen atoms in total. The average molecular weight is 261 g/mol. The van der Waals surface area contributed by atoms with Gasteiger partial charge in [0.25, 0.3) is 0 Å². The van der Waals surface area contributed by atoms with E-state index in [-0.39, 0.29) is 0 Å². The van der Waals surface area contributed by atoms with Gasteiger partial charge in [-0.05, 0) is 24.0 Å². The van der Waals surface area contributed by atoms with Crippen molar-refractivity contribution in [3.8, 4) is 0 Å². The fraction of sp³-hybridized carbons (Fsp3) is 0.533. The third kappa shape index (κ3) is 2.26. The van der Waals surface area contributed by atoms with E-state index in [1.807, 2.05) is 24.3 Å². The Morgan fingerprint density at radius 1 is 1.37 bits per heavy atom. The van der Waals surface area contributed by atoms with Crippen LogP contribution in [0.15, 0.2) is 24.3 Å². The van der Waals surface area contributed by atoms with Crippen LogP contribution < -0.4 is 0 Å². The molecular weight excluding hydrogens is 242 g/mol. The van der Waals surface area contributed by atoms with Crippen LogP contribution in [0.2, 0.25) is 0 Å². The van der Waals surface area contributed by atoms with Crippen molar-refractivity contribution in [3.63, 3.8) is 0 Å². The van der Waals surface area contributed by atoms with Gasteiger partial charge in [0.1, 0.15) is 0 Å². The summed E-state index contributed by atoms with van der Waals surface area (Å²) < 4.78 is 5.31. The van der Waals surface area contributed by atoms with E-state index >= 15 is 0 Å². The summed E-state index contributed by atoms with van der Waals surface area (Å²) in [5, 5.41) is 9.42. The van der Waals surface area contributed by atoms with Crippen molar-refractivity contribution in [1.29, 1.82) is 0 Å². The van der Waals surface area contributed by atoms with Gasteiger partial charge in [0.15, 0.2) is 0 Å². The van der Waals surface area contributed by atoms with E-state index in [4.69, 9.17) is 4.74 Å². The molecule has 1 N–H and O–H groups in total. The first kappa shape index (κ1) is 12.6.